The molecule has 0 saturated heterocycles. The zero-order valence-electron chi connectivity index (χ0n) is 11.0. The van der Waals surface area contributed by atoms with Gasteiger partial charge in [-0.05, 0) is 39.8 Å². The van der Waals surface area contributed by atoms with Gasteiger partial charge in [0.15, 0.2) is 0 Å². The number of hydrogen-bond donors (Lipinski definition) is 1. The molecule has 0 aliphatic heterocycles. The van der Waals surface area contributed by atoms with E-state index in [1.807, 2.05) is 46.0 Å². The first-order valence-corrected chi connectivity index (χ1v) is 6.89. The molecule has 5 heteroatoms. The molecule has 1 atom stereocenters. The molecule has 0 amide bonds. The number of H-pyrrole nitrogens is 1. The first-order valence-electron chi connectivity index (χ1n) is 5.79. The fraction of sp³-hybridized carbons (Fsp3) is 0.385. The maximum Gasteiger partial charge on any atom is 0.145 e. The molecule has 18 heavy (non-hydrogen) atoms. The molecule has 2 aromatic rings. The van der Waals surface area contributed by atoms with E-state index in [-0.39, 0.29) is 4.75 Å². The molecule has 0 unspecified atom stereocenters. The normalized spacial score (nSPS) is 15.0. The molecule has 2 rings (SSSR count). The van der Waals surface area contributed by atoms with Crippen LogP contribution >= 0.6 is 0 Å². The van der Waals surface area contributed by atoms with Gasteiger partial charge >= 0.3 is 0 Å². The lowest BCUT2D eigenvalue weighted by Gasteiger charge is -2.14. The Morgan fingerprint density at radius 1 is 1.44 bits per heavy atom. The first kappa shape index (κ1) is 13.0. The molecule has 0 saturated carbocycles. The van der Waals surface area contributed by atoms with Crippen LogP contribution in [0.3, 0.4) is 0 Å². The molecule has 0 spiro atoms. The minimum atomic E-state index is -1.24. The third kappa shape index (κ3) is 2.67. The van der Waals surface area contributed by atoms with Crippen molar-refractivity contribution in [1.82, 2.24) is 9.97 Å². The molecule has 0 aliphatic carbocycles. The Bertz CT molecular complexity index is 622. The van der Waals surface area contributed by atoms with Crippen LogP contribution in [-0.2, 0) is 11.0 Å². The molecule has 4 nitrogen and oxygen atoms in total. The van der Waals surface area contributed by atoms with Gasteiger partial charge in [-0.3, -0.25) is 0 Å². The second-order valence-corrected chi connectivity index (χ2v) is 7.08. The highest BCUT2D eigenvalue weighted by Gasteiger charge is 2.19. The van der Waals surface area contributed by atoms with Crippen molar-refractivity contribution >= 4 is 27.7 Å². The molecule has 2 heterocycles. The third-order valence-electron chi connectivity index (χ3n) is 2.56. The van der Waals surface area contributed by atoms with E-state index in [0.29, 0.717) is 0 Å². The highest BCUT2D eigenvalue weighted by Crippen LogP contribution is 2.16. The fourth-order valence-electron chi connectivity index (χ4n) is 1.45. The van der Waals surface area contributed by atoms with Gasteiger partial charge in [0.05, 0.1) is 10.5 Å². The average Bonchev–Trinajstić information content (AvgIpc) is 2.74. The maximum absolute atomic E-state index is 12.0. The van der Waals surface area contributed by atoms with Crippen LogP contribution < -0.4 is 0 Å². The Morgan fingerprint density at radius 2 is 2.17 bits per heavy atom. The molecular weight excluding hydrogens is 246 g/mol. The Labute approximate surface area is 109 Å². The van der Waals surface area contributed by atoms with E-state index in [1.54, 1.807) is 6.20 Å². The van der Waals surface area contributed by atoms with Gasteiger partial charge in [-0.2, -0.15) is 4.40 Å². The van der Waals surface area contributed by atoms with E-state index in [9.17, 15) is 4.21 Å². The number of aromatic nitrogens is 2. The first-order chi connectivity index (χ1) is 8.38. The van der Waals surface area contributed by atoms with Crippen molar-refractivity contribution in [2.45, 2.75) is 32.4 Å². The van der Waals surface area contributed by atoms with Crippen LogP contribution in [0.25, 0.3) is 11.0 Å². The van der Waals surface area contributed by atoms with Gasteiger partial charge in [-0.1, -0.05) is 0 Å². The minimum Gasteiger partial charge on any atom is -0.346 e. The van der Waals surface area contributed by atoms with E-state index >= 15 is 0 Å². The Morgan fingerprint density at radius 3 is 2.83 bits per heavy atom. The smallest absolute Gasteiger partial charge is 0.145 e. The highest BCUT2D eigenvalue weighted by molar-refractivity contribution is 7.85. The van der Waals surface area contributed by atoms with Crippen molar-refractivity contribution in [1.29, 1.82) is 0 Å². The van der Waals surface area contributed by atoms with E-state index in [1.165, 1.54) is 0 Å². The van der Waals surface area contributed by atoms with E-state index in [2.05, 4.69) is 14.4 Å². The van der Waals surface area contributed by atoms with Crippen LogP contribution in [0.4, 0.5) is 0 Å². The summed E-state index contributed by atoms with van der Waals surface area (Å²) in [6.07, 6.45) is 3.60. The number of pyridine rings is 1. The standard InChI is InChI=1S/C13H17N3OS/c1-9(16-18(17)13(2,3)4)11-7-10-5-6-14-12(10)15-8-11/h5-8H,1-4H3,(H,14,15)/t18-/m0/s1. The second kappa shape index (κ2) is 4.65. The summed E-state index contributed by atoms with van der Waals surface area (Å²) in [5.74, 6) is 0. The van der Waals surface area contributed by atoms with E-state index in [4.69, 9.17) is 0 Å². The quantitative estimate of drug-likeness (QED) is 0.847. The number of aromatic amines is 1. The predicted molar refractivity (Wildman–Crippen MR) is 76.2 cm³/mol. The third-order valence-corrected chi connectivity index (χ3v) is 4.05. The SMILES string of the molecule is CC(=N[S@@](=O)C(C)(C)C)c1cnc2[nH]ccc2c1. The summed E-state index contributed by atoms with van der Waals surface area (Å²) in [5.41, 5.74) is 2.50. The summed E-state index contributed by atoms with van der Waals surface area (Å²) >= 11 is 0. The minimum absolute atomic E-state index is 0.340. The van der Waals surface area contributed by atoms with Crippen molar-refractivity contribution in [3.63, 3.8) is 0 Å². The Hall–Kier alpha value is -1.49. The Kier molecular flexibility index (Phi) is 3.34. The Balaban J connectivity index is 2.35. The molecule has 0 aliphatic rings. The van der Waals surface area contributed by atoms with Crippen molar-refractivity contribution in [2.24, 2.45) is 4.40 Å². The maximum atomic E-state index is 12.0. The van der Waals surface area contributed by atoms with Crippen LogP contribution in [0.2, 0.25) is 0 Å². The second-order valence-electron chi connectivity index (χ2n) is 5.18. The van der Waals surface area contributed by atoms with Crippen molar-refractivity contribution in [2.75, 3.05) is 0 Å². The van der Waals surface area contributed by atoms with Gasteiger partial charge < -0.3 is 4.98 Å². The van der Waals surface area contributed by atoms with Crippen LogP contribution in [-0.4, -0.2) is 24.6 Å². The number of hydrogen-bond acceptors (Lipinski definition) is 2. The number of fused-ring (bicyclic) bond motifs is 1. The van der Waals surface area contributed by atoms with Gasteiger partial charge in [-0.15, -0.1) is 0 Å². The molecular formula is C13H17N3OS. The molecule has 2 aromatic heterocycles. The fourth-order valence-corrected chi connectivity index (χ4v) is 2.08. The van der Waals surface area contributed by atoms with Gasteiger partial charge in [0, 0.05) is 23.3 Å². The summed E-state index contributed by atoms with van der Waals surface area (Å²) in [7, 11) is -1.24. The molecule has 1 N–H and O–H groups in total. The van der Waals surface area contributed by atoms with E-state index in [0.717, 1.165) is 22.3 Å². The van der Waals surface area contributed by atoms with Crippen molar-refractivity contribution in [3.8, 4) is 0 Å². The highest BCUT2D eigenvalue weighted by atomic mass is 32.2. The largest absolute Gasteiger partial charge is 0.346 e. The number of nitrogens with zero attached hydrogens (tertiary/aromatic N) is 2. The van der Waals surface area contributed by atoms with Gasteiger partial charge in [0.2, 0.25) is 0 Å². The lowest BCUT2D eigenvalue weighted by Crippen LogP contribution is -2.20. The van der Waals surface area contributed by atoms with Crippen molar-refractivity contribution in [3.05, 3.63) is 30.1 Å². The number of rotatable bonds is 2. The monoisotopic (exact) mass is 263 g/mol. The summed E-state index contributed by atoms with van der Waals surface area (Å²) in [4.78, 5) is 7.34. The molecule has 0 aromatic carbocycles. The molecule has 0 bridgehead atoms. The van der Waals surface area contributed by atoms with Crippen molar-refractivity contribution < 1.29 is 4.21 Å². The topological polar surface area (TPSA) is 58.1 Å². The summed E-state index contributed by atoms with van der Waals surface area (Å²) < 4.78 is 15.9. The van der Waals surface area contributed by atoms with E-state index < -0.39 is 11.0 Å². The predicted octanol–water partition coefficient (Wildman–Crippen LogP) is 2.83. The average molecular weight is 263 g/mol. The van der Waals surface area contributed by atoms with Crippen LogP contribution in [0, 0.1) is 0 Å². The lowest BCUT2D eigenvalue weighted by molar-refractivity contribution is 0.650. The van der Waals surface area contributed by atoms with Gasteiger partial charge in [0.25, 0.3) is 0 Å². The lowest BCUT2D eigenvalue weighted by atomic mass is 10.2. The van der Waals surface area contributed by atoms with Crippen LogP contribution in [0.15, 0.2) is 28.9 Å². The zero-order valence-corrected chi connectivity index (χ0v) is 11.8. The number of nitrogens with one attached hydrogen (secondary N) is 1. The summed E-state index contributed by atoms with van der Waals surface area (Å²) in [6, 6.07) is 3.96. The molecule has 96 valence electrons. The zero-order chi connectivity index (χ0) is 13.3. The summed E-state index contributed by atoms with van der Waals surface area (Å²) in [5, 5.41) is 1.03. The van der Waals surface area contributed by atoms with Gasteiger partial charge in [0.1, 0.15) is 16.6 Å². The molecule has 0 radical (unpaired) electrons. The van der Waals surface area contributed by atoms with Crippen LogP contribution in [0.5, 0.6) is 0 Å². The summed E-state index contributed by atoms with van der Waals surface area (Å²) in [6.45, 7) is 7.59. The van der Waals surface area contributed by atoms with Gasteiger partial charge in [-0.25, -0.2) is 9.19 Å². The van der Waals surface area contributed by atoms with Crippen LogP contribution in [0.1, 0.15) is 33.3 Å². The molecule has 0 fully saturated rings.